The third kappa shape index (κ3) is 4.84. The van der Waals surface area contributed by atoms with Gasteiger partial charge < -0.3 is 15.0 Å². The van der Waals surface area contributed by atoms with Crippen LogP contribution in [0.15, 0.2) is 54.6 Å². The Morgan fingerprint density at radius 1 is 0.919 bits per heavy atom. The van der Waals surface area contributed by atoms with Gasteiger partial charge in [-0.1, -0.05) is 48.5 Å². The van der Waals surface area contributed by atoms with E-state index in [0.717, 1.165) is 22.5 Å². The Morgan fingerprint density at radius 2 is 1.57 bits per heavy atom. The minimum Gasteiger partial charge on any atom is -0.465 e. The normalized spacial score (nSPS) is 10.8. The van der Waals surface area contributed by atoms with Crippen LogP contribution in [-0.2, 0) is 4.74 Å². The number of amides is 2. The molecule has 0 aliphatic carbocycles. The van der Waals surface area contributed by atoms with Gasteiger partial charge in [-0.2, -0.15) is 0 Å². The number of methoxy groups -OCH3 is 1. The number of esters is 1. The molecule has 0 spiro atoms. The molecule has 4 aromatic rings. The van der Waals surface area contributed by atoms with E-state index in [1.165, 1.54) is 7.11 Å². The number of benzene rings is 2. The highest BCUT2D eigenvalue weighted by Crippen LogP contribution is 2.36. The number of rotatable bonds is 7. The fourth-order valence-corrected chi connectivity index (χ4v) is 5.61. The zero-order valence-electron chi connectivity index (χ0n) is 21.5. The number of thiophene rings is 1. The molecule has 190 valence electrons. The second-order valence-corrected chi connectivity index (χ2v) is 9.55. The first-order valence-corrected chi connectivity index (χ1v) is 12.9. The Labute approximate surface area is 220 Å². The van der Waals surface area contributed by atoms with Gasteiger partial charge in [-0.15, -0.1) is 11.3 Å². The number of ether oxygens (including phenoxy) is 1. The molecule has 2 aromatic carbocycles. The number of hydrogen-bond acceptors (Lipinski definition) is 6. The van der Waals surface area contributed by atoms with Crippen molar-refractivity contribution >= 4 is 45.0 Å². The molecule has 0 bridgehead atoms. The standard InChI is InChI=1S/C29H29N3O4S/c1-6-32(7-2)28(34)25-18(4)23(29(35)36-5)27(37-25)31-26(33)22-17(3)24(19-13-9-8-10-14-19)30-21-16-12-11-15-20(21)22/h8-16H,6-7H2,1-5H3,(H,31,33). The Bertz CT molecular complexity index is 1490. The van der Waals surface area contributed by atoms with E-state index in [1.54, 1.807) is 11.8 Å². The van der Waals surface area contributed by atoms with Crippen molar-refractivity contribution in [2.45, 2.75) is 27.7 Å². The number of carbonyl (C=O) groups is 3. The summed E-state index contributed by atoms with van der Waals surface area (Å²) < 4.78 is 5.00. The van der Waals surface area contributed by atoms with Gasteiger partial charge in [-0.05, 0) is 44.9 Å². The van der Waals surface area contributed by atoms with Crippen LogP contribution in [0.4, 0.5) is 5.00 Å². The van der Waals surface area contributed by atoms with Gasteiger partial charge >= 0.3 is 5.97 Å². The van der Waals surface area contributed by atoms with Gasteiger partial charge in [0, 0.05) is 24.0 Å². The molecule has 7 nitrogen and oxygen atoms in total. The quantitative estimate of drug-likeness (QED) is 0.300. The molecule has 0 aliphatic rings. The molecule has 0 saturated carbocycles. The third-order valence-electron chi connectivity index (χ3n) is 6.42. The molecule has 2 amide bonds. The second kappa shape index (κ2) is 10.9. The van der Waals surface area contributed by atoms with Crippen LogP contribution in [0.5, 0.6) is 0 Å². The van der Waals surface area contributed by atoms with E-state index in [4.69, 9.17) is 9.72 Å². The Morgan fingerprint density at radius 3 is 2.22 bits per heavy atom. The number of carbonyl (C=O) groups excluding carboxylic acids is 3. The molecule has 0 atom stereocenters. The first-order valence-electron chi connectivity index (χ1n) is 12.1. The highest BCUT2D eigenvalue weighted by molar-refractivity contribution is 7.18. The zero-order chi connectivity index (χ0) is 26.7. The number of para-hydroxylation sites is 1. The van der Waals surface area contributed by atoms with Gasteiger partial charge in [0.1, 0.15) is 5.00 Å². The summed E-state index contributed by atoms with van der Waals surface area (Å²) in [5.41, 5.74) is 4.15. The van der Waals surface area contributed by atoms with Crippen LogP contribution in [0.1, 0.15) is 55.4 Å². The van der Waals surface area contributed by atoms with E-state index in [9.17, 15) is 14.4 Å². The summed E-state index contributed by atoms with van der Waals surface area (Å²) in [6.45, 7) is 8.44. The van der Waals surface area contributed by atoms with Crippen molar-refractivity contribution in [3.8, 4) is 11.3 Å². The number of pyridine rings is 1. The summed E-state index contributed by atoms with van der Waals surface area (Å²) in [5, 5.41) is 3.91. The van der Waals surface area contributed by atoms with Gasteiger partial charge in [-0.25, -0.2) is 9.78 Å². The van der Waals surface area contributed by atoms with Crippen molar-refractivity contribution in [3.05, 3.63) is 81.7 Å². The predicted molar refractivity (Wildman–Crippen MR) is 148 cm³/mol. The molecule has 2 aromatic heterocycles. The van der Waals surface area contributed by atoms with Gasteiger partial charge in [0.05, 0.1) is 34.3 Å². The summed E-state index contributed by atoms with van der Waals surface area (Å²) in [7, 11) is 1.28. The molecule has 8 heteroatoms. The molecule has 37 heavy (non-hydrogen) atoms. The van der Waals surface area contributed by atoms with Gasteiger partial charge in [-0.3, -0.25) is 9.59 Å². The van der Waals surface area contributed by atoms with Gasteiger partial charge in [0.2, 0.25) is 0 Å². The maximum Gasteiger partial charge on any atom is 0.341 e. The van der Waals surface area contributed by atoms with Crippen molar-refractivity contribution in [1.82, 2.24) is 9.88 Å². The summed E-state index contributed by atoms with van der Waals surface area (Å²) in [5.74, 6) is -1.18. The molecule has 4 rings (SSSR count). The number of fused-ring (bicyclic) bond motifs is 1. The van der Waals surface area contributed by atoms with E-state index >= 15 is 0 Å². The second-order valence-electron chi connectivity index (χ2n) is 8.53. The molecule has 0 aliphatic heterocycles. The third-order valence-corrected chi connectivity index (χ3v) is 7.61. The number of anilines is 1. The number of hydrogen-bond donors (Lipinski definition) is 1. The van der Waals surface area contributed by atoms with E-state index in [0.29, 0.717) is 45.7 Å². The molecule has 0 fully saturated rings. The molecule has 0 radical (unpaired) electrons. The Balaban J connectivity index is 1.85. The summed E-state index contributed by atoms with van der Waals surface area (Å²) in [6.07, 6.45) is 0. The van der Waals surface area contributed by atoms with E-state index in [1.807, 2.05) is 75.4 Å². The topological polar surface area (TPSA) is 88.6 Å². The van der Waals surface area contributed by atoms with Crippen molar-refractivity contribution < 1.29 is 19.1 Å². The van der Waals surface area contributed by atoms with Gasteiger partial charge in [0.15, 0.2) is 0 Å². The minimum atomic E-state index is -0.607. The number of nitrogens with zero attached hydrogens (tertiary/aromatic N) is 2. The van der Waals surface area contributed by atoms with Crippen LogP contribution in [-0.4, -0.2) is 47.9 Å². The fraction of sp³-hybridized carbons (Fsp3) is 0.241. The maximum atomic E-state index is 13.9. The fourth-order valence-electron chi connectivity index (χ4n) is 4.45. The van der Waals surface area contributed by atoms with Crippen LogP contribution in [0.2, 0.25) is 0 Å². The first kappa shape index (κ1) is 26.0. The highest BCUT2D eigenvalue weighted by Gasteiger charge is 2.29. The highest BCUT2D eigenvalue weighted by atomic mass is 32.1. The minimum absolute atomic E-state index is 0.185. The van der Waals surface area contributed by atoms with Crippen LogP contribution in [0, 0.1) is 13.8 Å². The lowest BCUT2D eigenvalue weighted by Crippen LogP contribution is -2.30. The van der Waals surface area contributed by atoms with Crippen molar-refractivity contribution in [2.75, 3.05) is 25.5 Å². The summed E-state index contributed by atoms with van der Waals surface area (Å²) in [4.78, 5) is 46.7. The average Bonchev–Trinajstić information content (AvgIpc) is 3.24. The van der Waals surface area contributed by atoms with E-state index in [2.05, 4.69) is 5.32 Å². The smallest absolute Gasteiger partial charge is 0.341 e. The molecular weight excluding hydrogens is 486 g/mol. The summed E-state index contributed by atoms with van der Waals surface area (Å²) in [6, 6.07) is 17.2. The lowest BCUT2D eigenvalue weighted by atomic mass is 9.97. The van der Waals surface area contributed by atoms with Crippen LogP contribution in [0.3, 0.4) is 0 Å². The van der Waals surface area contributed by atoms with E-state index in [-0.39, 0.29) is 22.4 Å². The maximum absolute atomic E-state index is 13.9. The molecule has 0 saturated heterocycles. The van der Waals surface area contributed by atoms with Gasteiger partial charge in [0.25, 0.3) is 11.8 Å². The van der Waals surface area contributed by atoms with Crippen molar-refractivity contribution in [2.24, 2.45) is 0 Å². The molecule has 0 unspecified atom stereocenters. The number of nitrogens with one attached hydrogen (secondary N) is 1. The van der Waals surface area contributed by atoms with Crippen LogP contribution in [0.25, 0.3) is 22.2 Å². The first-order chi connectivity index (χ1) is 17.8. The molecule has 1 N–H and O–H groups in total. The van der Waals surface area contributed by atoms with Crippen LogP contribution >= 0.6 is 11.3 Å². The lowest BCUT2D eigenvalue weighted by molar-refractivity contribution is 0.0601. The molecular formula is C29H29N3O4S. The van der Waals surface area contributed by atoms with E-state index < -0.39 is 5.97 Å². The molecule has 2 heterocycles. The average molecular weight is 516 g/mol. The number of aromatic nitrogens is 1. The Kier molecular flexibility index (Phi) is 7.69. The van der Waals surface area contributed by atoms with Crippen molar-refractivity contribution in [1.29, 1.82) is 0 Å². The monoisotopic (exact) mass is 515 g/mol. The summed E-state index contributed by atoms with van der Waals surface area (Å²) >= 11 is 1.09. The van der Waals surface area contributed by atoms with Crippen LogP contribution < -0.4 is 5.32 Å². The largest absolute Gasteiger partial charge is 0.465 e. The SMILES string of the molecule is CCN(CC)C(=O)c1sc(NC(=O)c2c(C)c(-c3ccccc3)nc3ccccc23)c(C(=O)OC)c1C. The lowest BCUT2D eigenvalue weighted by Gasteiger charge is -2.18. The van der Waals surface area contributed by atoms with Crippen molar-refractivity contribution in [3.63, 3.8) is 0 Å². The zero-order valence-corrected chi connectivity index (χ0v) is 22.4. The predicted octanol–water partition coefficient (Wildman–Crippen LogP) is 6.10. The Hall–Kier alpha value is -4.04.